The van der Waals surface area contributed by atoms with E-state index in [0.29, 0.717) is 18.2 Å². The Morgan fingerprint density at radius 2 is 1.93 bits per heavy atom. The number of carbonyl (C=O) groups is 1. The van der Waals surface area contributed by atoms with Crippen molar-refractivity contribution in [3.05, 3.63) is 52.0 Å². The maximum Gasteiger partial charge on any atom is 0.273 e. The Morgan fingerprint density at radius 1 is 1.21 bits per heavy atom. The smallest absolute Gasteiger partial charge is 0.273 e. The van der Waals surface area contributed by atoms with Crippen molar-refractivity contribution in [2.45, 2.75) is 39.8 Å². The molecule has 0 bridgehead atoms. The lowest BCUT2D eigenvalue weighted by Crippen LogP contribution is -2.48. The Kier molecular flexibility index (Phi) is 7.59. The van der Waals surface area contributed by atoms with Gasteiger partial charge in [0.25, 0.3) is 5.91 Å². The van der Waals surface area contributed by atoms with E-state index in [1.807, 2.05) is 28.5 Å². The molecule has 1 aliphatic rings. The molecule has 1 aliphatic heterocycles. The summed E-state index contributed by atoms with van der Waals surface area (Å²) in [7, 11) is 0. The van der Waals surface area contributed by atoms with Crippen LogP contribution < -0.4 is 0 Å². The van der Waals surface area contributed by atoms with E-state index in [2.05, 4.69) is 42.8 Å². The van der Waals surface area contributed by atoms with Crippen molar-refractivity contribution in [3.63, 3.8) is 0 Å². The molecule has 1 aromatic heterocycles. The molecule has 1 atom stereocenters. The lowest BCUT2D eigenvalue weighted by molar-refractivity contribution is 0.0227. The lowest BCUT2D eigenvalue weighted by Gasteiger charge is -2.35. The van der Waals surface area contributed by atoms with Crippen LogP contribution in [0.1, 0.15) is 41.8 Å². The van der Waals surface area contributed by atoms with E-state index in [9.17, 15) is 4.79 Å². The van der Waals surface area contributed by atoms with Crippen LogP contribution in [-0.2, 0) is 17.7 Å². The van der Waals surface area contributed by atoms with Crippen LogP contribution in [0.5, 0.6) is 0 Å². The van der Waals surface area contributed by atoms with E-state index in [1.54, 1.807) is 11.3 Å². The van der Waals surface area contributed by atoms with Gasteiger partial charge in [0, 0.05) is 44.0 Å². The van der Waals surface area contributed by atoms with E-state index >= 15 is 0 Å². The fourth-order valence-electron chi connectivity index (χ4n) is 3.46. The number of amides is 1. The van der Waals surface area contributed by atoms with Crippen LogP contribution in [0.4, 0.5) is 0 Å². The summed E-state index contributed by atoms with van der Waals surface area (Å²) in [5, 5.41) is 2.96. The van der Waals surface area contributed by atoms with E-state index in [0.717, 1.165) is 49.8 Å². The normalized spacial score (nSPS) is 16.3. The molecule has 28 heavy (non-hydrogen) atoms. The average Bonchev–Trinajstić information content (AvgIpc) is 3.15. The van der Waals surface area contributed by atoms with Crippen molar-refractivity contribution >= 4 is 17.2 Å². The summed E-state index contributed by atoms with van der Waals surface area (Å²) in [6.07, 6.45) is 0.917. The van der Waals surface area contributed by atoms with E-state index < -0.39 is 0 Å². The Balaban J connectivity index is 1.76. The molecule has 6 heteroatoms. The second-order valence-corrected chi connectivity index (χ2v) is 8.85. The number of aromatic nitrogens is 1. The molecule has 1 saturated heterocycles. The predicted octanol–water partition coefficient (Wildman–Crippen LogP) is 3.70. The first-order valence-electron chi connectivity index (χ1n) is 10.1. The number of benzene rings is 1. The second kappa shape index (κ2) is 10.1. The third-order valence-electron chi connectivity index (χ3n) is 4.97. The van der Waals surface area contributed by atoms with Gasteiger partial charge >= 0.3 is 0 Å². The standard InChI is InChI=1S/C22H31N3O2S/c1-17(2)13-21-23-20(16-28-21)22(26)25(15-19-7-5-4-6-8-19)18(3)14-24-9-11-27-12-10-24/h4-8,16-18H,9-15H2,1-3H3. The van der Waals surface area contributed by atoms with Crippen LogP contribution in [0, 0.1) is 5.92 Å². The van der Waals surface area contributed by atoms with Gasteiger partial charge in [-0.1, -0.05) is 44.2 Å². The van der Waals surface area contributed by atoms with Crippen molar-refractivity contribution in [3.8, 4) is 0 Å². The van der Waals surface area contributed by atoms with Crippen LogP contribution in [0.3, 0.4) is 0 Å². The highest BCUT2D eigenvalue weighted by Gasteiger charge is 2.26. The molecule has 0 spiro atoms. The molecule has 0 N–H and O–H groups in total. The first-order chi connectivity index (χ1) is 13.5. The van der Waals surface area contributed by atoms with Gasteiger partial charge in [-0.3, -0.25) is 9.69 Å². The number of rotatable bonds is 8. The summed E-state index contributed by atoms with van der Waals surface area (Å²) < 4.78 is 5.46. The number of nitrogens with zero attached hydrogens (tertiary/aromatic N) is 3. The average molecular weight is 402 g/mol. The molecule has 152 valence electrons. The van der Waals surface area contributed by atoms with Crippen LogP contribution in [-0.4, -0.2) is 59.6 Å². The quantitative estimate of drug-likeness (QED) is 0.677. The molecule has 2 aromatic rings. The van der Waals surface area contributed by atoms with Crippen molar-refractivity contribution in [2.24, 2.45) is 5.92 Å². The SMILES string of the molecule is CC(C)Cc1nc(C(=O)N(Cc2ccccc2)C(C)CN2CCOCC2)cs1. The second-order valence-electron chi connectivity index (χ2n) is 7.91. The van der Waals surface area contributed by atoms with Crippen molar-refractivity contribution in [1.29, 1.82) is 0 Å². The maximum atomic E-state index is 13.4. The molecule has 2 heterocycles. The fourth-order valence-corrected chi connectivity index (χ4v) is 4.44. The summed E-state index contributed by atoms with van der Waals surface area (Å²) in [6.45, 7) is 11.3. The van der Waals surface area contributed by atoms with Gasteiger partial charge in [0.05, 0.1) is 18.2 Å². The summed E-state index contributed by atoms with van der Waals surface area (Å²) in [5.41, 5.74) is 1.72. The minimum Gasteiger partial charge on any atom is -0.379 e. The Hall–Kier alpha value is -1.76. The molecule has 0 radical (unpaired) electrons. The van der Waals surface area contributed by atoms with Gasteiger partial charge in [-0.25, -0.2) is 4.98 Å². The zero-order valence-electron chi connectivity index (χ0n) is 17.1. The largest absolute Gasteiger partial charge is 0.379 e. The molecule has 1 fully saturated rings. The minimum absolute atomic E-state index is 0.0240. The highest BCUT2D eigenvalue weighted by atomic mass is 32.1. The molecule has 1 unspecified atom stereocenters. The molecular formula is C22H31N3O2S. The molecular weight excluding hydrogens is 370 g/mol. The maximum absolute atomic E-state index is 13.4. The van der Waals surface area contributed by atoms with Gasteiger partial charge in [-0.05, 0) is 18.4 Å². The summed E-state index contributed by atoms with van der Waals surface area (Å²) >= 11 is 1.59. The van der Waals surface area contributed by atoms with Crippen LogP contribution in [0.2, 0.25) is 0 Å². The Labute approximate surface area is 172 Å². The van der Waals surface area contributed by atoms with E-state index in [1.165, 1.54) is 0 Å². The first-order valence-corrected chi connectivity index (χ1v) is 11.0. The molecule has 3 rings (SSSR count). The van der Waals surface area contributed by atoms with E-state index in [-0.39, 0.29) is 11.9 Å². The molecule has 0 saturated carbocycles. The number of hydrogen-bond donors (Lipinski definition) is 0. The number of morpholine rings is 1. The molecule has 5 nitrogen and oxygen atoms in total. The molecule has 1 amide bonds. The fraction of sp³-hybridized carbons (Fsp3) is 0.545. The first kappa shape index (κ1) is 21.0. The third kappa shape index (κ3) is 5.87. The monoisotopic (exact) mass is 401 g/mol. The van der Waals surface area contributed by atoms with Gasteiger partial charge in [-0.15, -0.1) is 11.3 Å². The summed E-state index contributed by atoms with van der Waals surface area (Å²) in [6, 6.07) is 10.3. The molecule has 0 aliphatic carbocycles. The third-order valence-corrected chi connectivity index (χ3v) is 5.84. The zero-order chi connectivity index (χ0) is 19.9. The van der Waals surface area contributed by atoms with Crippen molar-refractivity contribution in [2.75, 3.05) is 32.8 Å². The highest BCUT2D eigenvalue weighted by molar-refractivity contribution is 7.09. The number of hydrogen-bond acceptors (Lipinski definition) is 5. The lowest BCUT2D eigenvalue weighted by atomic mass is 10.1. The number of ether oxygens (including phenoxy) is 1. The summed E-state index contributed by atoms with van der Waals surface area (Å²) in [4.78, 5) is 22.3. The van der Waals surface area contributed by atoms with Gasteiger partial charge in [0.15, 0.2) is 0 Å². The zero-order valence-corrected chi connectivity index (χ0v) is 18.0. The van der Waals surface area contributed by atoms with Gasteiger partial charge in [0.1, 0.15) is 5.69 Å². The predicted molar refractivity (Wildman–Crippen MR) is 114 cm³/mol. The number of carbonyl (C=O) groups excluding carboxylic acids is 1. The Morgan fingerprint density at radius 3 is 2.61 bits per heavy atom. The van der Waals surface area contributed by atoms with Crippen LogP contribution >= 0.6 is 11.3 Å². The van der Waals surface area contributed by atoms with Crippen molar-refractivity contribution in [1.82, 2.24) is 14.8 Å². The Bertz CT molecular complexity index is 741. The topological polar surface area (TPSA) is 45.7 Å². The van der Waals surface area contributed by atoms with Gasteiger partial charge in [-0.2, -0.15) is 0 Å². The van der Waals surface area contributed by atoms with E-state index in [4.69, 9.17) is 4.74 Å². The molecule has 1 aromatic carbocycles. The summed E-state index contributed by atoms with van der Waals surface area (Å²) in [5.74, 6) is 0.561. The van der Waals surface area contributed by atoms with Crippen LogP contribution in [0.15, 0.2) is 35.7 Å². The van der Waals surface area contributed by atoms with Gasteiger partial charge in [0.2, 0.25) is 0 Å². The van der Waals surface area contributed by atoms with Gasteiger partial charge < -0.3 is 9.64 Å². The highest BCUT2D eigenvalue weighted by Crippen LogP contribution is 2.19. The van der Waals surface area contributed by atoms with Crippen LogP contribution in [0.25, 0.3) is 0 Å². The minimum atomic E-state index is 0.0240. The number of thiazole rings is 1. The van der Waals surface area contributed by atoms with Crippen molar-refractivity contribution < 1.29 is 9.53 Å².